The molecule has 0 spiro atoms. The maximum Gasteiger partial charge on any atom is 0.223 e. The predicted molar refractivity (Wildman–Crippen MR) is 88.2 cm³/mol. The van der Waals surface area contributed by atoms with Crippen molar-refractivity contribution < 1.29 is 4.63 Å². The summed E-state index contributed by atoms with van der Waals surface area (Å²) in [5, 5.41) is 10.7. The maximum atomic E-state index is 4.67. The minimum Gasteiger partial charge on any atom is -0.378 e. The van der Waals surface area contributed by atoms with Gasteiger partial charge in [-0.15, -0.1) is 0 Å². The number of nitrogens with one attached hydrogen (secondary N) is 1. The molecule has 1 aromatic carbocycles. The number of aromatic nitrogens is 4. The Balaban J connectivity index is 1.75. The van der Waals surface area contributed by atoms with Crippen LogP contribution in [0, 0.1) is 6.92 Å². The number of benzene rings is 1. The van der Waals surface area contributed by atoms with Gasteiger partial charge in [0.2, 0.25) is 5.95 Å². The molecule has 0 aliphatic heterocycles. The predicted octanol–water partition coefficient (Wildman–Crippen LogP) is 2.51. The molecule has 0 saturated carbocycles. The van der Waals surface area contributed by atoms with E-state index in [2.05, 4.69) is 47.3 Å². The van der Waals surface area contributed by atoms with Crippen LogP contribution >= 0.6 is 0 Å². The third kappa shape index (κ3) is 3.45. The highest BCUT2D eigenvalue weighted by molar-refractivity contribution is 5.63. The topological polar surface area (TPSA) is 80.0 Å². The molecular weight excluding hydrogens is 292 g/mol. The third-order valence-corrected chi connectivity index (χ3v) is 3.50. The second-order valence-electron chi connectivity index (χ2n) is 5.36. The maximum absolute atomic E-state index is 4.67. The Bertz CT molecular complexity index is 781. The molecule has 0 amide bonds. The van der Waals surface area contributed by atoms with Crippen molar-refractivity contribution in [3.05, 3.63) is 47.9 Å². The molecule has 7 heteroatoms. The van der Waals surface area contributed by atoms with Gasteiger partial charge in [0.25, 0.3) is 0 Å². The van der Waals surface area contributed by atoms with Crippen molar-refractivity contribution in [1.29, 1.82) is 0 Å². The van der Waals surface area contributed by atoms with E-state index in [4.69, 9.17) is 0 Å². The normalized spacial score (nSPS) is 10.6. The molecule has 2 aromatic heterocycles. The summed E-state index contributed by atoms with van der Waals surface area (Å²) >= 11 is 0. The minimum absolute atomic E-state index is 0.471. The Morgan fingerprint density at radius 3 is 2.52 bits per heavy atom. The molecule has 0 unspecified atom stereocenters. The average molecular weight is 310 g/mol. The van der Waals surface area contributed by atoms with Gasteiger partial charge in [-0.1, -0.05) is 22.4 Å². The van der Waals surface area contributed by atoms with Crippen LogP contribution in [0.3, 0.4) is 0 Å². The first-order chi connectivity index (χ1) is 11.1. The fourth-order valence-corrected chi connectivity index (χ4v) is 2.11. The highest BCUT2D eigenvalue weighted by Crippen LogP contribution is 2.21. The van der Waals surface area contributed by atoms with E-state index in [1.807, 2.05) is 39.2 Å². The zero-order valence-electron chi connectivity index (χ0n) is 13.3. The lowest BCUT2D eigenvalue weighted by atomic mass is 10.1. The van der Waals surface area contributed by atoms with Crippen LogP contribution in [0.2, 0.25) is 0 Å². The van der Waals surface area contributed by atoms with E-state index in [1.54, 1.807) is 6.20 Å². The fourth-order valence-electron chi connectivity index (χ4n) is 2.11. The van der Waals surface area contributed by atoms with Crippen molar-refractivity contribution in [3.8, 4) is 11.3 Å². The second-order valence-corrected chi connectivity index (χ2v) is 5.36. The van der Waals surface area contributed by atoms with Gasteiger partial charge in [0.05, 0.1) is 12.2 Å². The molecule has 23 heavy (non-hydrogen) atoms. The number of aryl methyl sites for hydroxylation is 1. The summed E-state index contributed by atoms with van der Waals surface area (Å²) in [7, 11) is 4.03. The first kappa shape index (κ1) is 15.0. The van der Waals surface area contributed by atoms with Crippen molar-refractivity contribution in [2.24, 2.45) is 0 Å². The van der Waals surface area contributed by atoms with Crippen molar-refractivity contribution in [2.45, 2.75) is 13.5 Å². The Morgan fingerprint density at radius 2 is 1.87 bits per heavy atom. The van der Waals surface area contributed by atoms with E-state index in [-0.39, 0.29) is 0 Å². The molecule has 0 saturated heterocycles. The van der Waals surface area contributed by atoms with Crippen LogP contribution in [0.25, 0.3) is 11.3 Å². The number of nitrogens with zero attached hydrogens (tertiary/aromatic N) is 5. The zero-order valence-corrected chi connectivity index (χ0v) is 13.3. The molecule has 0 fully saturated rings. The molecule has 2 heterocycles. The zero-order chi connectivity index (χ0) is 16.2. The number of rotatable bonds is 5. The van der Waals surface area contributed by atoms with E-state index in [1.165, 1.54) is 0 Å². The van der Waals surface area contributed by atoms with Crippen LogP contribution in [0.1, 0.15) is 11.4 Å². The molecule has 0 atom stereocenters. The number of hydrogen-bond donors (Lipinski definition) is 1. The molecule has 0 aliphatic rings. The Hall–Kier alpha value is -2.96. The Labute approximate surface area is 134 Å². The SMILES string of the molecule is Cc1nonc1CNc1nccc(-c2ccc(N(C)C)cc2)n1. The monoisotopic (exact) mass is 310 g/mol. The fraction of sp³-hybridized carbons (Fsp3) is 0.250. The molecule has 0 bridgehead atoms. The van der Waals surface area contributed by atoms with Gasteiger partial charge in [0, 0.05) is 31.5 Å². The van der Waals surface area contributed by atoms with Crippen LogP contribution in [-0.4, -0.2) is 34.4 Å². The summed E-state index contributed by atoms with van der Waals surface area (Å²) in [5.41, 5.74) is 4.56. The average Bonchev–Trinajstić information content (AvgIpc) is 2.98. The Kier molecular flexibility index (Phi) is 4.18. The van der Waals surface area contributed by atoms with Gasteiger partial charge in [-0.05, 0) is 25.1 Å². The van der Waals surface area contributed by atoms with Gasteiger partial charge < -0.3 is 10.2 Å². The lowest BCUT2D eigenvalue weighted by Crippen LogP contribution is -2.08. The van der Waals surface area contributed by atoms with Crippen molar-refractivity contribution in [3.63, 3.8) is 0 Å². The van der Waals surface area contributed by atoms with Crippen LogP contribution in [0.4, 0.5) is 11.6 Å². The van der Waals surface area contributed by atoms with Crippen LogP contribution in [0.15, 0.2) is 41.2 Å². The van der Waals surface area contributed by atoms with Gasteiger partial charge in [0.15, 0.2) is 0 Å². The summed E-state index contributed by atoms with van der Waals surface area (Å²) in [6.07, 6.45) is 1.73. The molecule has 0 radical (unpaired) electrons. The molecule has 0 aliphatic carbocycles. The third-order valence-electron chi connectivity index (χ3n) is 3.50. The van der Waals surface area contributed by atoms with Gasteiger partial charge in [-0.2, -0.15) is 0 Å². The van der Waals surface area contributed by atoms with Crippen molar-refractivity contribution >= 4 is 11.6 Å². The summed E-state index contributed by atoms with van der Waals surface area (Å²) in [4.78, 5) is 10.8. The van der Waals surface area contributed by atoms with Crippen LogP contribution < -0.4 is 10.2 Å². The van der Waals surface area contributed by atoms with Gasteiger partial charge in [-0.3, -0.25) is 0 Å². The van der Waals surface area contributed by atoms with Crippen LogP contribution in [-0.2, 0) is 6.54 Å². The van der Waals surface area contributed by atoms with Crippen molar-refractivity contribution in [1.82, 2.24) is 20.3 Å². The molecule has 3 aromatic rings. The summed E-state index contributed by atoms with van der Waals surface area (Å²) in [6.45, 7) is 2.31. The highest BCUT2D eigenvalue weighted by atomic mass is 16.6. The van der Waals surface area contributed by atoms with Gasteiger partial charge >= 0.3 is 0 Å². The molecule has 3 rings (SSSR count). The summed E-state index contributed by atoms with van der Waals surface area (Å²) < 4.78 is 4.67. The lowest BCUT2D eigenvalue weighted by molar-refractivity contribution is 0.301. The molecule has 7 nitrogen and oxygen atoms in total. The van der Waals surface area contributed by atoms with E-state index < -0.39 is 0 Å². The highest BCUT2D eigenvalue weighted by Gasteiger charge is 2.07. The first-order valence-electron chi connectivity index (χ1n) is 7.26. The van der Waals surface area contributed by atoms with E-state index in [0.717, 1.165) is 28.3 Å². The first-order valence-corrected chi connectivity index (χ1v) is 7.26. The smallest absolute Gasteiger partial charge is 0.223 e. The molecular formula is C16H18N6O. The van der Waals surface area contributed by atoms with Crippen molar-refractivity contribution in [2.75, 3.05) is 24.3 Å². The number of anilines is 2. The minimum atomic E-state index is 0.471. The quantitative estimate of drug-likeness (QED) is 0.775. The summed E-state index contributed by atoms with van der Waals surface area (Å²) in [6, 6.07) is 10.1. The van der Waals surface area contributed by atoms with Gasteiger partial charge in [-0.25, -0.2) is 14.6 Å². The van der Waals surface area contributed by atoms with E-state index in [0.29, 0.717) is 12.5 Å². The number of hydrogen-bond acceptors (Lipinski definition) is 7. The molecule has 118 valence electrons. The largest absolute Gasteiger partial charge is 0.378 e. The van der Waals surface area contributed by atoms with E-state index >= 15 is 0 Å². The Morgan fingerprint density at radius 1 is 1.09 bits per heavy atom. The second kappa shape index (κ2) is 6.43. The van der Waals surface area contributed by atoms with E-state index in [9.17, 15) is 0 Å². The van der Waals surface area contributed by atoms with Gasteiger partial charge in [0.1, 0.15) is 11.4 Å². The lowest BCUT2D eigenvalue weighted by Gasteiger charge is -2.12. The van der Waals surface area contributed by atoms with Crippen LogP contribution in [0.5, 0.6) is 0 Å². The standard InChI is InChI=1S/C16H18N6O/c1-11-15(21-23-20-11)10-18-16-17-9-8-14(19-16)12-4-6-13(7-5-12)22(2)3/h4-9H,10H2,1-3H3,(H,17,18,19). The molecule has 1 N–H and O–H groups in total. The summed E-state index contributed by atoms with van der Waals surface area (Å²) in [5.74, 6) is 0.543.